The number of rotatable bonds is 3. The van der Waals surface area contributed by atoms with Gasteiger partial charge in [-0.1, -0.05) is 25.1 Å². The van der Waals surface area contributed by atoms with E-state index < -0.39 is 0 Å². The zero-order valence-electron chi connectivity index (χ0n) is 9.19. The van der Waals surface area contributed by atoms with Gasteiger partial charge in [0.05, 0.1) is 0 Å². The molecule has 3 nitrogen and oxygen atoms in total. The first-order valence-corrected chi connectivity index (χ1v) is 5.67. The molecule has 0 heterocycles. The van der Waals surface area contributed by atoms with Crippen molar-refractivity contribution in [2.45, 2.75) is 30.9 Å². The lowest BCUT2D eigenvalue weighted by molar-refractivity contribution is 0.318. The number of benzene rings is 1. The molecular weight excluding hydrogens is 208 g/mol. The molecule has 0 spiro atoms. The summed E-state index contributed by atoms with van der Waals surface area (Å²) in [6, 6.07) is 5.81. The Balaban J connectivity index is 2.98. The van der Waals surface area contributed by atoms with E-state index in [-0.39, 0.29) is 5.84 Å². The summed E-state index contributed by atoms with van der Waals surface area (Å²) in [6.45, 7) is 6.34. The summed E-state index contributed by atoms with van der Waals surface area (Å²) < 4.78 is 0. The van der Waals surface area contributed by atoms with Crippen molar-refractivity contribution in [3.05, 3.63) is 29.3 Å². The Hall–Kier alpha value is -1.16. The van der Waals surface area contributed by atoms with Crippen molar-refractivity contribution in [1.29, 1.82) is 0 Å². The SMILES string of the molecule is Cc1cc(/C(N)=N/O)ccc1SC(C)C. The summed E-state index contributed by atoms with van der Waals surface area (Å²) in [5.74, 6) is 0.152. The summed E-state index contributed by atoms with van der Waals surface area (Å²) in [7, 11) is 0. The minimum Gasteiger partial charge on any atom is -0.409 e. The normalized spacial score (nSPS) is 12.1. The van der Waals surface area contributed by atoms with Gasteiger partial charge in [0.1, 0.15) is 0 Å². The predicted octanol–water partition coefficient (Wildman–Crippen LogP) is 2.59. The van der Waals surface area contributed by atoms with Crippen molar-refractivity contribution in [1.82, 2.24) is 0 Å². The molecule has 0 saturated heterocycles. The fourth-order valence-corrected chi connectivity index (χ4v) is 2.15. The lowest BCUT2D eigenvalue weighted by Crippen LogP contribution is -2.13. The maximum Gasteiger partial charge on any atom is 0.170 e. The lowest BCUT2D eigenvalue weighted by atomic mass is 10.1. The first kappa shape index (κ1) is 11.9. The highest BCUT2D eigenvalue weighted by atomic mass is 32.2. The molecular formula is C11H16N2OS. The molecule has 15 heavy (non-hydrogen) atoms. The fourth-order valence-electron chi connectivity index (χ4n) is 1.25. The third kappa shape index (κ3) is 3.16. The average Bonchev–Trinajstić information content (AvgIpc) is 2.19. The third-order valence-electron chi connectivity index (χ3n) is 1.94. The van der Waals surface area contributed by atoms with Crippen LogP contribution in [0, 0.1) is 6.92 Å². The predicted molar refractivity (Wildman–Crippen MR) is 64.7 cm³/mol. The Labute approximate surface area is 94.4 Å². The molecule has 0 aromatic heterocycles. The molecule has 0 bridgehead atoms. The highest BCUT2D eigenvalue weighted by Crippen LogP contribution is 2.26. The standard InChI is InChI=1S/C11H16N2OS/c1-7(2)15-10-5-4-9(6-8(10)3)11(12)13-14/h4-7,14H,1-3H3,(H2,12,13). The fraction of sp³-hybridized carbons (Fsp3) is 0.364. The molecule has 0 aliphatic heterocycles. The van der Waals surface area contributed by atoms with E-state index in [9.17, 15) is 0 Å². The number of hydrogen-bond acceptors (Lipinski definition) is 3. The van der Waals surface area contributed by atoms with Crippen LogP contribution in [0.15, 0.2) is 28.3 Å². The Morgan fingerprint density at radius 3 is 2.60 bits per heavy atom. The van der Waals surface area contributed by atoms with Gasteiger partial charge in [0.15, 0.2) is 5.84 Å². The maximum atomic E-state index is 8.55. The van der Waals surface area contributed by atoms with Crippen molar-refractivity contribution in [2.75, 3.05) is 0 Å². The van der Waals surface area contributed by atoms with Gasteiger partial charge in [-0.15, -0.1) is 11.8 Å². The van der Waals surface area contributed by atoms with E-state index in [0.29, 0.717) is 5.25 Å². The van der Waals surface area contributed by atoms with Gasteiger partial charge in [-0.2, -0.15) is 0 Å². The van der Waals surface area contributed by atoms with Gasteiger partial charge in [-0.25, -0.2) is 0 Å². The van der Waals surface area contributed by atoms with E-state index in [1.165, 1.54) is 4.90 Å². The van der Waals surface area contributed by atoms with Crippen LogP contribution in [0.2, 0.25) is 0 Å². The highest BCUT2D eigenvalue weighted by molar-refractivity contribution is 8.00. The molecule has 0 unspecified atom stereocenters. The molecule has 0 aliphatic rings. The van der Waals surface area contributed by atoms with Crippen LogP contribution in [-0.4, -0.2) is 16.3 Å². The van der Waals surface area contributed by atoms with E-state index in [1.807, 2.05) is 36.9 Å². The number of aryl methyl sites for hydroxylation is 1. The number of oxime groups is 1. The topological polar surface area (TPSA) is 58.6 Å². The monoisotopic (exact) mass is 224 g/mol. The van der Waals surface area contributed by atoms with E-state index >= 15 is 0 Å². The van der Waals surface area contributed by atoms with Crippen molar-refractivity contribution >= 4 is 17.6 Å². The van der Waals surface area contributed by atoms with Crippen LogP contribution in [0.4, 0.5) is 0 Å². The number of amidine groups is 1. The van der Waals surface area contributed by atoms with E-state index in [4.69, 9.17) is 10.9 Å². The Morgan fingerprint density at radius 2 is 2.13 bits per heavy atom. The minimum atomic E-state index is 0.152. The van der Waals surface area contributed by atoms with Crippen LogP contribution in [0.1, 0.15) is 25.0 Å². The zero-order chi connectivity index (χ0) is 11.4. The molecule has 0 radical (unpaired) electrons. The Bertz CT molecular complexity index is 375. The van der Waals surface area contributed by atoms with Gasteiger partial charge in [0.25, 0.3) is 0 Å². The Morgan fingerprint density at radius 1 is 1.47 bits per heavy atom. The first-order valence-electron chi connectivity index (χ1n) is 4.79. The van der Waals surface area contributed by atoms with Gasteiger partial charge in [-0.05, 0) is 24.6 Å². The second kappa shape index (κ2) is 5.07. The van der Waals surface area contributed by atoms with E-state index in [2.05, 4.69) is 19.0 Å². The second-order valence-corrected chi connectivity index (χ2v) is 5.25. The number of nitrogens with zero attached hydrogens (tertiary/aromatic N) is 1. The molecule has 1 aromatic carbocycles. The van der Waals surface area contributed by atoms with Crippen LogP contribution in [0.3, 0.4) is 0 Å². The second-order valence-electron chi connectivity index (χ2n) is 3.63. The molecule has 0 atom stereocenters. The van der Waals surface area contributed by atoms with Crippen LogP contribution in [0.5, 0.6) is 0 Å². The summed E-state index contributed by atoms with van der Waals surface area (Å²) in [4.78, 5) is 1.24. The molecule has 0 fully saturated rings. The zero-order valence-corrected chi connectivity index (χ0v) is 10.0. The number of nitrogens with two attached hydrogens (primary N) is 1. The van der Waals surface area contributed by atoms with Crippen LogP contribution < -0.4 is 5.73 Å². The summed E-state index contributed by atoms with van der Waals surface area (Å²) >= 11 is 1.81. The molecule has 0 amide bonds. The number of thioether (sulfide) groups is 1. The quantitative estimate of drug-likeness (QED) is 0.273. The molecule has 0 aliphatic carbocycles. The third-order valence-corrected chi connectivity index (χ3v) is 3.12. The molecule has 82 valence electrons. The largest absolute Gasteiger partial charge is 0.409 e. The summed E-state index contributed by atoms with van der Waals surface area (Å²) in [5.41, 5.74) is 7.41. The molecule has 1 rings (SSSR count). The van der Waals surface area contributed by atoms with Crippen molar-refractivity contribution < 1.29 is 5.21 Å². The van der Waals surface area contributed by atoms with Crippen molar-refractivity contribution in [3.63, 3.8) is 0 Å². The van der Waals surface area contributed by atoms with Crippen LogP contribution in [-0.2, 0) is 0 Å². The minimum absolute atomic E-state index is 0.152. The molecule has 1 aromatic rings. The van der Waals surface area contributed by atoms with Gasteiger partial charge < -0.3 is 10.9 Å². The first-order chi connectivity index (χ1) is 7.04. The van der Waals surface area contributed by atoms with Crippen LogP contribution >= 0.6 is 11.8 Å². The molecule has 4 heteroatoms. The lowest BCUT2D eigenvalue weighted by Gasteiger charge is -2.09. The average molecular weight is 224 g/mol. The Kier molecular flexibility index (Phi) is 4.03. The van der Waals surface area contributed by atoms with Crippen molar-refractivity contribution in [2.24, 2.45) is 10.9 Å². The van der Waals surface area contributed by atoms with E-state index in [1.54, 1.807) is 0 Å². The summed E-state index contributed by atoms with van der Waals surface area (Å²) in [5, 5.41) is 12.1. The van der Waals surface area contributed by atoms with Crippen molar-refractivity contribution in [3.8, 4) is 0 Å². The van der Waals surface area contributed by atoms with Gasteiger partial charge in [0, 0.05) is 15.7 Å². The molecule has 0 saturated carbocycles. The summed E-state index contributed by atoms with van der Waals surface area (Å²) in [6.07, 6.45) is 0. The number of hydrogen-bond donors (Lipinski definition) is 2. The highest BCUT2D eigenvalue weighted by Gasteiger charge is 2.05. The van der Waals surface area contributed by atoms with E-state index in [0.717, 1.165) is 11.1 Å². The molecule has 3 N–H and O–H groups in total. The van der Waals surface area contributed by atoms with Crippen LogP contribution in [0.25, 0.3) is 0 Å². The van der Waals surface area contributed by atoms with Gasteiger partial charge in [0.2, 0.25) is 0 Å². The maximum absolute atomic E-state index is 8.55. The van der Waals surface area contributed by atoms with Gasteiger partial charge >= 0.3 is 0 Å². The van der Waals surface area contributed by atoms with Gasteiger partial charge in [-0.3, -0.25) is 0 Å². The smallest absolute Gasteiger partial charge is 0.170 e.